The first-order valence-electron chi connectivity index (χ1n) is 8.50. The molecule has 0 spiro atoms. The predicted molar refractivity (Wildman–Crippen MR) is 109 cm³/mol. The minimum Gasteiger partial charge on any atom is -0.480 e. The topological polar surface area (TPSA) is 114 Å². The van der Waals surface area contributed by atoms with Gasteiger partial charge in [-0.2, -0.15) is 0 Å². The lowest BCUT2D eigenvalue weighted by atomic mass is 10.2. The minimum absolute atomic E-state index is 0.148. The van der Waals surface area contributed by atoms with E-state index in [9.17, 15) is 19.5 Å². The Balaban J connectivity index is 4.42. The number of carbonyl (C=O) groups excluding carboxylic acids is 2. The van der Waals surface area contributed by atoms with Gasteiger partial charge in [0.1, 0.15) is 17.2 Å². The van der Waals surface area contributed by atoms with Crippen molar-refractivity contribution in [3.63, 3.8) is 0 Å². The number of rotatable bonds is 8. The zero-order valence-corrected chi connectivity index (χ0v) is 18.9. The van der Waals surface area contributed by atoms with Crippen LogP contribution in [0.3, 0.4) is 0 Å². The van der Waals surface area contributed by atoms with Crippen LogP contribution in [0, 0.1) is 0 Å². The Labute approximate surface area is 169 Å². The van der Waals surface area contributed by atoms with Crippen molar-refractivity contribution < 1.29 is 29.0 Å². The average Bonchev–Trinajstić information content (AvgIpc) is 2.40. The molecule has 158 valence electrons. The number of ether oxygens (including phenoxy) is 2. The van der Waals surface area contributed by atoms with Crippen LogP contribution in [0.25, 0.3) is 0 Å². The molecular formula is C17H32N2O6S2. The van der Waals surface area contributed by atoms with Crippen LogP contribution in [-0.4, -0.2) is 57.6 Å². The van der Waals surface area contributed by atoms with E-state index in [1.165, 1.54) is 21.6 Å². The highest BCUT2D eigenvalue weighted by atomic mass is 33.1. The molecule has 0 aromatic rings. The predicted octanol–water partition coefficient (Wildman–Crippen LogP) is 3.65. The molecule has 8 nitrogen and oxygen atoms in total. The zero-order valence-electron chi connectivity index (χ0n) is 17.3. The van der Waals surface area contributed by atoms with Crippen molar-refractivity contribution in [1.82, 2.24) is 10.6 Å². The lowest BCUT2D eigenvalue weighted by molar-refractivity contribution is -0.138. The number of alkyl carbamates (subject to hydrolysis) is 2. The lowest BCUT2D eigenvalue weighted by Gasteiger charge is -2.26. The maximum atomic E-state index is 11.8. The molecular weight excluding hydrogens is 392 g/mol. The number of nitrogens with one attached hydrogen (secondary N) is 2. The van der Waals surface area contributed by atoms with E-state index in [2.05, 4.69) is 10.6 Å². The summed E-state index contributed by atoms with van der Waals surface area (Å²) in [5.74, 6) is -0.992. The molecule has 0 fully saturated rings. The highest BCUT2D eigenvalue weighted by molar-refractivity contribution is 8.77. The fourth-order valence-electron chi connectivity index (χ4n) is 1.51. The first kappa shape index (κ1) is 25.7. The second-order valence-corrected chi connectivity index (χ2v) is 11.6. The third-order valence-electron chi connectivity index (χ3n) is 2.57. The van der Waals surface area contributed by atoms with Crippen LogP contribution in [0.5, 0.6) is 0 Å². The van der Waals surface area contributed by atoms with Gasteiger partial charge < -0.3 is 25.2 Å². The van der Waals surface area contributed by atoms with Gasteiger partial charge >= 0.3 is 18.2 Å². The molecule has 0 bridgehead atoms. The number of carbonyl (C=O) groups is 3. The van der Waals surface area contributed by atoms with Gasteiger partial charge in [0.15, 0.2) is 0 Å². The fourth-order valence-corrected chi connectivity index (χ4v) is 4.14. The number of hydrogen-bond donors (Lipinski definition) is 3. The molecule has 2 amide bonds. The Bertz CT molecular complexity index is 526. The van der Waals surface area contributed by atoms with Crippen molar-refractivity contribution >= 4 is 39.7 Å². The smallest absolute Gasteiger partial charge is 0.408 e. The quantitative estimate of drug-likeness (QED) is 0.506. The normalized spacial score (nSPS) is 13.5. The van der Waals surface area contributed by atoms with Gasteiger partial charge in [-0.15, -0.1) is 0 Å². The molecule has 0 aliphatic heterocycles. The van der Waals surface area contributed by atoms with E-state index in [0.717, 1.165) is 0 Å². The van der Waals surface area contributed by atoms with Crippen LogP contribution in [-0.2, 0) is 14.3 Å². The number of hydrogen-bond acceptors (Lipinski definition) is 7. The first-order valence-corrected chi connectivity index (χ1v) is 10.8. The molecule has 1 atom stereocenters. The number of amides is 2. The largest absolute Gasteiger partial charge is 0.480 e. The zero-order chi connectivity index (χ0) is 21.5. The SMILES string of the molecule is CC(C)(C)OC(=O)NCC(C)(C)SSC[C@H](NC(=O)OC(C)(C)C)C(=O)O. The molecule has 0 aliphatic rings. The van der Waals surface area contributed by atoms with E-state index in [1.54, 1.807) is 41.5 Å². The first-order chi connectivity index (χ1) is 12.0. The number of carboxylic acids is 1. The van der Waals surface area contributed by atoms with Crippen LogP contribution in [0.4, 0.5) is 9.59 Å². The molecule has 0 saturated heterocycles. The Morgan fingerprint density at radius 1 is 0.926 bits per heavy atom. The Hall–Kier alpha value is -1.29. The summed E-state index contributed by atoms with van der Waals surface area (Å²) in [4.78, 5) is 34.8. The van der Waals surface area contributed by atoms with Crippen LogP contribution in [0.15, 0.2) is 0 Å². The fraction of sp³-hybridized carbons (Fsp3) is 0.824. The molecule has 10 heteroatoms. The summed E-state index contributed by atoms with van der Waals surface area (Å²) >= 11 is 0. The van der Waals surface area contributed by atoms with Crippen LogP contribution in [0.2, 0.25) is 0 Å². The third kappa shape index (κ3) is 14.4. The molecule has 3 N–H and O–H groups in total. The Morgan fingerprint density at radius 3 is 1.85 bits per heavy atom. The lowest BCUT2D eigenvalue weighted by Crippen LogP contribution is -2.45. The molecule has 0 aromatic heterocycles. The summed E-state index contributed by atoms with van der Waals surface area (Å²) in [6, 6.07) is -1.08. The van der Waals surface area contributed by atoms with Crippen molar-refractivity contribution in [3.8, 4) is 0 Å². The minimum atomic E-state index is -1.14. The van der Waals surface area contributed by atoms with Crippen molar-refractivity contribution in [3.05, 3.63) is 0 Å². The second kappa shape index (κ2) is 10.3. The number of carboxylic acid groups (broad SMARTS) is 1. The van der Waals surface area contributed by atoms with Crippen LogP contribution < -0.4 is 10.6 Å². The maximum absolute atomic E-state index is 11.8. The molecule has 0 radical (unpaired) electrons. The molecule has 0 rings (SSSR count). The van der Waals surface area contributed by atoms with Gasteiger partial charge in [0.25, 0.3) is 0 Å². The standard InChI is InChI=1S/C17H32N2O6S2/c1-15(2,3)24-13(22)18-10-17(7,8)27-26-9-11(12(20)21)19-14(23)25-16(4,5)6/h11H,9-10H2,1-8H3,(H,18,22)(H,19,23)(H,20,21)/t11-/m0/s1. The highest BCUT2D eigenvalue weighted by Gasteiger charge is 2.27. The van der Waals surface area contributed by atoms with Gasteiger partial charge in [0.05, 0.1) is 0 Å². The third-order valence-corrected chi connectivity index (χ3v) is 5.86. The second-order valence-electron chi connectivity index (χ2n) is 8.52. The van der Waals surface area contributed by atoms with Crippen molar-refractivity contribution in [1.29, 1.82) is 0 Å². The molecule has 0 aliphatic carbocycles. The van der Waals surface area contributed by atoms with E-state index in [-0.39, 0.29) is 10.5 Å². The van der Waals surface area contributed by atoms with E-state index < -0.39 is 35.4 Å². The van der Waals surface area contributed by atoms with Gasteiger partial charge in [-0.1, -0.05) is 21.6 Å². The summed E-state index contributed by atoms with van der Waals surface area (Å²) < 4.78 is 9.90. The van der Waals surface area contributed by atoms with E-state index >= 15 is 0 Å². The number of aliphatic carboxylic acids is 1. The van der Waals surface area contributed by atoms with Crippen molar-refractivity contribution in [2.75, 3.05) is 12.3 Å². The molecule has 0 unspecified atom stereocenters. The average molecular weight is 425 g/mol. The molecule has 0 saturated carbocycles. The molecule has 27 heavy (non-hydrogen) atoms. The molecule has 0 aromatic carbocycles. The summed E-state index contributed by atoms with van der Waals surface area (Å²) in [6.45, 7) is 14.6. The van der Waals surface area contributed by atoms with Crippen LogP contribution in [0.1, 0.15) is 55.4 Å². The van der Waals surface area contributed by atoms with Gasteiger partial charge in [-0.05, 0) is 55.4 Å². The summed E-state index contributed by atoms with van der Waals surface area (Å²) in [5.41, 5.74) is -1.28. The van der Waals surface area contributed by atoms with Crippen molar-refractivity contribution in [2.45, 2.75) is 77.4 Å². The van der Waals surface area contributed by atoms with Crippen molar-refractivity contribution in [2.24, 2.45) is 0 Å². The van der Waals surface area contributed by atoms with Gasteiger partial charge in [-0.25, -0.2) is 14.4 Å². The van der Waals surface area contributed by atoms with E-state index in [1.807, 2.05) is 13.8 Å². The van der Waals surface area contributed by atoms with E-state index in [0.29, 0.717) is 6.54 Å². The highest BCUT2D eigenvalue weighted by Crippen LogP contribution is 2.35. The van der Waals surface area contributed by atoms with Gasteiger partial charge in [0.2, 0.25) is 0 Å². The maximum Gasteiger partial charge on any atom is 0.408 e. The van der Waals surface area contributed by atoms with Crippen LogP contribution >= 0.6 is 21.6 Å². The molecule has 0 heterocycles. The van der Waals surface area contributed by atoms with Gasteiger partial charge in [-0.3, -0.25) is 0 Å². The summed E-state index contributed by atoms with van der Waals surface area (Å²) in [5, 5.41) is 14.3. The Kier molecular flexibility index (Phi) is 9.82. The van der Waals surface area contributed by atoms with Gasteiger partial charge in [0, 0.05) is 17.0 Å². The Morgan fingerprint density at radius 2 is 1.41 bits per heavy atom. The monoisotopic (exact) mass is 424 g/mol. The summed E-state index contributed by atoms with van der Waals surface area (Å²) in [7, 11) is 2.71. The van der Waals surface area contributed by atoms with E-state index in [4.69, 9.17) is 9.47 Å². The summed E-state index contributed by atoms with van der Waals surface area (Å²) in [6.07, 6.45) is -1.28.